The Kier molecular flexibility index (Phi) is 4.74. The summed E-state index contributed by atoms with van der Waals surface area (Å²) in [6.45, 7) is 10.6. The van der Waals surface area contributed by atoms with Crippen molar-refractivity contribution in [2.24, 2.45) is 11.3 Å². The van der Waals surface area contributed by atoms with Crippen LogP contribution >= 0.6 is 23.2 Å². The van der Waals surface area contributed by atoms with E-state index in [-0.39, 0.29) is 0 Å². The Hall–Kier alpha value is -0.150. The summed E-state index contributed by atoms with van der Waals surface area (Å²) < 4.78 is 32.8. The van der Waals surface area contributed by atoms with Gasteiger partial charge in [-0.05, 0) is 17.8 Å². The molecule has 0 aromatic carbocycles. The summed E-state index contributed by atoms with van der Waals surface area (Å²) in [4.78, 5) is 0. The zero-order chi connectivity index (χ0) is 12.4. The fourth-order valence-corrected chi connectivity index (χ4v) is 1.37. The summed E-state index contributed by atoms with van der Waals surface area (Å²) in [5.41, 5.74) is 0.457. The van der Waals surface area contributed by atoms with Crippen molar-refractivity contribution in [3.63, 3.8) is 0 Å². The SMILES string of the molecule is C=C(Cl)C(F)(F)F.C=C(Cl)C1CC1(C)C. The second-order valence-electron chi connectivity index (χ2n) is 4.09. The standard InChI is InChI=1S/C7H11Cl.C3H2ClF3/c1-5(8)6-4-7(6,2)3;1-2(4)3(5,6)7/h6H,1,4H2,2-3H3;1H2. The van der Waals surface area contributed by atoms with Crippen molar-refractivity contribution in [2.45, 2.75) is 26.4 Å². The van der Waals surface area contributed by atoms with E-state index in [0.717, 1.165) is 5.03 Å². The molecule has 1 rings (SSSR count). The predicted octanol–water partition coefficient (Wildman–Crippen LogP) is 5.09. The second-order valence-corrected chi connectivity index (χ2v) is 5.04. The summed E-state index contributed by atoms with van der Waals surface area (Å²) in [7, 11) is 0. The van der Waals surface area contributed by atoms with Crippen molar-refractivity contribution in [3.8, 4) is 0 Å². The first-order valence-corrected chi connectivity index (χ1v) is 5.00. The summed E-state index contributed by atoms with van der Waals surface area (Å²) in [5.74, 6) is 0.587. The molecule has 1 aliphatic rings. The van der Waals surface area contributed by atoms with Crippen molar-refractivity contribution in [1.29, 1.82) is 0 Å². The van der Waals surface area contributed by atoms with Gasteiger partial charge in [-0.15, -0.1) is 0 Å². The van der Waals surface area contributed by atoms with Crippen LogP contribution in [0.5, 0.6) is 0 Å². The minimum absolute atomic E-state index is 0.457. The highest BCUT2D eigenvalue weighted by molar-refractivity contribution is 6.30. The third-order valence-corrected chi connectivity index (χ3v) is 2.68. The molecule has 0 aromatic rings. The number of hydrogen-bond donors (Lipinski definition) is 0. The molecular formula is C10H13Cl2F3. The van der Waals surface area contributed by atoms with E-state index in [1.54, 1.807) is 0 Å². The van der Waals surface area contributed by atoms with Gasteiger partial charge in [0.25, 0.3) is 0 Å². The molecule has 88 valence electrons. The maximum absolute atomic E-state index is 10.9. The lowest BCUT2D eigenvalue weighted by molar-refractivity contribution is -0.0841. The number of rotatable bonds is 1. The lowest BCUT2D eigenvalue weighted by atomic mass is 10.1. The monoisotopic (exact) mass is 260 g/mol. The van der Waals surface area contributed by atoms with Crippen LogP contribution in [0.4, 0.5) is 13.2 Å². The third kappa shape index (κ3) is 5.47. The van der Waals surface area contributed by atoms with E-state index in [1.165, 1.54) is 6.42 Å². The summed E-state index contributed by atoms with van der Waals surface area (Å²) >= 11 is 10.1. The maximum atomic E-state index is 10.9. The molecule has 1 fully saturated rings. The molecule has 0 saturated heterocycles. The largest absolute Gasteiger partial charge is 0.426 e. The number of halogens is 5. The van der Waals surface area contributed by atoms with Crippen molar-refractivity contribution in [2.75, 3.05) is 0 Å². The summed E-state index contributed by atoms with van der Waals surface area (Å²) in [6.07, 6.45) is -3.21. The average Bonchev–Trinajstić information content (AvgIpc) is 2.59. The molecule has 1 aliphatic carbocycles. The molecule has 1 saturated carbocycles. The quantitative estimate of drug-likeness (QED) is 0.617. The van der Waals surface area contributed by atoms with Gasteiger partial charge >= 0.3 is 6.18 Å². The van der Waals surface area contributed by atoms with E-state index in [2.05, 4.69) is 38.6 Å². The van der Waals surface area contributed by atoms with Crippen molar-refractivity contribution < 1.29 is 13.2 Å². The molecule has 15 heavy (non-hydrogen) atoms. The molecule has 0 N–H and O–H groups in total. The van der Waals surface area contributed by atoms with Gasteiger partial charge in [-0.1, -0.05) is 50.2 Å². The Morgan fingerprint density at radius 3 is 1.53 bits per heavy atom. The molecule has 0 spiro atoms. The van der Waals surface area contributed by atoms with Crippen LogP contribution in [0.15, 0.2) is 23.2 Å². The highest BCUT2D eigenvalue weighted by Crippen LogP contribution is 2.56. The number of allylic oxidation sites excluding steroid dienone is 2. The fourth-order valence-electron chi connectivity index (χ4n) is 1.00. The third-order valence-electron chi connectivity index (χ3n) is 2.20. The number of hydrogen-bond acceptors (Lipinski definition) is 0. The molecule has 1 unspecified atom stereocenters. The zero-order valence-corrected chi connectivity index (χ0v) is 10.1. The minimum atomic E-state index is -4.43. The van der Waals surface area contributed by atoms with Crippen LogP contribution in [0.2, 0.25) is 0 Å². The van der Waals surface area contributed by atoms with Crippen molar-refractivity contribution in [1.82, 2.24) is 0 Å². The lowest BCUT2D eigenvalue weighted by Gasteiger charge is -1.98. The predicted molar refractivity (Wildman–Crippen MR) is 57.9 cm³/mol. The van der Waals surface area contributed by atoms with E-state index < -0.39 is 11.2 Å². The van der Waals surface area contributed by atoms with E-state index in [9.17, 15) is 13.2 Å². The van der Waals surface area contributed by atoms with Crippen LogP contribution in [-0.4, -0.2) is 6.18 Å². The minimum Gasteiger partial charge on any atom is -0.165 e. The van der Waals surface area contributed by atoms with Gasteiger partial charge in [-0.3, -0.25) is 0 Å². The first-order chi connectivity index (χ1) is 6.48. The Balaban J connectivity index is 0.000000265. The lowest BCUT2D eigenvalue weighted by Crippen LogP contribution is -2.04. The van der Waals surface area contributed by atoms with Gasteiger partial charge in [0.1, 0.15) is 5.03 Å². The molecular weight excluding hydrogens is 248 g/mol. The Morgan fingerprint density at radius 1 is 1.27 bits per heavy atom. The summed E-state index contributed by atoms with van der Waals surface area (Å²) in [6, 6.07) is 0. The molecule has 0 heterocycles. The molecule has 0 amide bonds. The zero-order valence-electron chi connectivity index (χ0n) is 8.59. The van der Waals surface area contributed by atoms with Gasteiger partial charge in [0, 0.05) is 5.03 Å². The van der Waals surface area contributed by atoms with Gasteiger partial charge in [0.2, 0.25) is 0 Å². The molecule has 5 heteroatoms. The van der Waals surface area contributed by atoms with Gasteiger partial charge in [-0.25, -0.2) is 0 Å². The topological polar surface area (TPSA) is 0 Å². The first-order valence-electron chi connectivity index (χ1n) is 4.24. The first kappa shape index (κ1) is 14.8. The molecule has 0 aliphatic heterocycles. The van der Waals surface area contributed by atoms with E-state index in [1.807, 2.05) is 0 Å². The van der Waals surface area contributed by atoms with Crippen LogP contribution in [-0.2, 0) is 0 Å². The summed E-state index contributed by atoms with van der Waals surface area (Å²) in [5, 5.41) is -0.456. The normalized spacial score (nSPS) is 22.5. The molecule has 0 radical (unpaired) electrons. The van der Waals surface area contributed by atoms with E-state index in [0.29, 0.717) is 11.3 Å². The van der Waals surface area contributed by atoms with Crippen molar-refractivity contribution >= 4 is 23.2 Å². The van der Waals surface area contributed by atoms with Crippen LogP contribution in [0.1, 0.15) is 20.3 Å². The number of alkyl halides is 3. The van der Waals surface area contributed by atoms with Gasteiger partial charge in [-0.2, -0.15) is 13.2 Å². The molecule has 0 bridgehead atoms. The Labute approximate surface area is 97.7 Å². The average molecular weight is 261 g/mol. The van der Waals surface area contributed by atoms with Crippen LogP contribution in [0, 0.1) is 11.3 Å². The second kappa shape index (κ2) is 4.79. The van der Waals surface area contributed by atoms with Crippen LogP contribution in [0.3, 0.4) is 0 Å². The smallest absolute Gasteiger partial charge is 0.165 e. The molecule has 1 atom stereocenters. The van der Waals surface area contributed by atoms with E-state index in [4.69, 9.17) is 11.6 Å². The maximum Gasteiger partial charge on any atom is 0.426 e. The molecule has 0 nitrogen and oxygen atoms in total. The van der Waals surface area contributed by atoms with Crippen LogP contribution in [0.25, 0.3) is 0 Å². The van der Waals surface area contributed by atoms with Crippen molar-refractivity contribution in [3.05, 3.63) is 23.2 Å². The van der Waals surface area contributed by atoms with E-state index >= 15 is 0 Å². The fraction of sp³-hybridized carbons (Fsp3) is 0.600. The Morgan fingerprint density at radius 2 is 1.53 bits per heavy atom. The molecule has 0 aromatic heterocycles. The highest BCUT2D eigenvalue weighted by Gasteiger charge is 2.46. The highest BCUT2D eigenvalue weighted by atomic mass is 35.5. The Bertz CT molecular complexity index is 266. The van der Waals surface area contributed by atoms with Gasteiger partial charge in [0.15, 0.2) is 0 Å². The van der Waals surface area contributed by atoms with Gasteiger partial charge < -0.3 is 0 Å². The van der Waals surface area contributed by atoms with Crippen LogP contribution < -0.4 is 0 Å². The van der Waals surface area contributed by atoms with Gasteiger partial charge in [0.05, 0.1) is 0 Å².